The van der Waals surface area contributed by atoms with E-state index in [4.69, 9.17) is 4.74 Å². The molecular weight excluding hydrogens is 530 g/mol. The number of nitrogens with zero attached hydrogens (tertiary/aromatic N) is 4. The van der Waals surface area contributed by atoms with E-state index in [-0.39, 0.29) is 37.0 Å². The summed E-state index contributed by atoms with van der Waals surface area (Å²) in [4.78, 5) is 43.9. The monoisotopic (exact) mass is 564 g/mol. The van der Waals surface area contributed by atoms with Crippen molar-refractivity contribution in [1.82, 2.24) is 14.7 Å². The maximum atomic E-state index is 14.0. The minimum absolute atomic E-state index is 0.00255. The molecule has 3 unspecified atom stereocenters. The van der Waals surface area contributed by atoms with Crippen LogP contribution in [0.25, 0.3) is 11.1 Å². The Hall–Kier alpha value is -3.84. The van der Waals surface area contributed by atoms with Crippen molar-refractivity contribution in [2.45, 2.75) is 62.9 Å². The van der Waals surface area contributed by atoms with Gasteiger partial charge in [-0.15, -0.1) is 0 Å². The van der Waals surface area contributed by atoms with Crippen LogP contribution in [0.1, 0.15) is 43.2 Å². The first-order valence-corrected chi connectivity index (χ1v) is 14.2. The SMILES string of the molecule is N#Cc1cc(CN2C(=O)C3CC(OC(CF)CF)CCC3N(C3CCN(C=O)CC3)C2=O)ccc1-c1ccccc1. The molecule has 0 bridgehead atoms. The van der Waals surface area contributed by atoms with E-state index in [0.29, 0.717) is 49.9 Å². The van der Waals surface area contributed by atoms with Crippen molar-refractivity contribution < 1.29 is 27.9 Å². The van der Waals surface area contributed by atoms with Crippen LogP contribution < -0.4 is 0 Å². The summed E-state index contributed by atoms with van der Waals surface area (Å²) in [6.45, 7) is -0.841. The topological polar surface area (TPSA) is 93.9 Å². The standard InChI is InChI=1S/C31H34F2N4O4/c32-16-26(17-33)41-25-7-9-29-28(15-25)30(39)36(31(40)37(29)24-10-12-35(20-38)13-11-24)19-21-6-8-27(23(14-21)18-34)22-4-2-1-3-5-22/h1-6,8,14,20,24-26,28-29H,7,9-13,15-17,19H2. The lowest BCUT2D eigenvalue weighted by Crippen LogP contribution is -2.66. The number of ether oxygens (including phenoxy) is 1. The molecular formula is C31H34F2N4O4. The highest BCUT2D eigenvalue weighted by Gasteiger charge is 2.51. The number of urea groups is 1. The molecule has 1 saturated carbocycles. The minimum Gasteiger partial charge on any atom is -0.370 e. The van der Waals surface area contributed by atoms with Gasteiger partial charge in [-0.3, -0.25) is 14.5 Å². The van der Waals surface area contributed by atoms with Crippen LogP contribution in [0.3, 0.4) is 0 Å². The normalized spacial score (nSPS) is 23.5. The number of hydrogen-bond acceptors (Lipinski definition) is 5. The van der Waals surface area contributed by atoms with Crippen molar-refractivity contribution in [2.75, 3.05) is 26.4 Å². The zero-order valence-corrected chi connectivity index (χ0v) is 22.8. The molecule has 2 saturated heterocycles. The highest BCUT2D eigenvalue weighted by Crippen LogP contribution is 2.39. The first kappa shape index (κ1) is 28.7. The van der Waals surface area contributed by atoms with E-state index in [9.17, 15) is 28.4 Å². The molecule has 2 heterocycles. The van der Waals surface area contributed by atoms with Crippen LogP contribution >= 0.6 is 0 Å². The summed E-state index contributed by atoms with van der Waals surface area (Å²) in [5.41, 5.74) is 2.75. The van der Waals surface area contributed by atoms with Crippen LogP contribution in [-0.4, -0.2) is 83.8 Å². The Balaban J connectivity index is 1.42. The summed E-state index contributed by atoms with van der Waals surface area (Å²) in [6, 6.07) is 16.3. The lowest BCUT2D eigenvalue weighted by Gasteiger charge is -2.52. The Morgan fingerprint density at radius 2 is 1.76 bits per heavy atom. The maximum absolute atomic E-state index is 14.0. The van der Waals surface area contributed by atoms with Gasteiger partial charge in [0.1, 0.15) is 19.5 Å². The predicted octanol–water partition coefficient (Wildman–Crippen LogP) is 4.47. The number of benzene rings is 2. The number of piperidine rings is 1. The number of rotatable bonds is 9. The second kappa shape index (κ2) is 12.8. The molecule has 3 fully saturated rings. The number of alkyl halides is 2. The molecule has 1 aliphatic carbocycles. The number of imide groups is 1. The summed E-state index contributed by atoms with van der Waals surface area (Å²) < 4.78 is 32.1. The molecule has 3 atom stereocenters. The van der Waals surface area contributed by atoms with Gasteiger partial charge in [0.2, 0.25) is 12.3 Å². The average Bonchev–Trinajstić information content (AvgIpc) is 3.02. The Kier molecular flexibility index (Phi) is 8.93. The fraction of sp³-hybridized carbons (Fsp3) is 0.484. The molecule has 0 aromatic heterocycles. The summed E-state index contributed by atoms with van der Waals surface area (Å²) >= 11 is 0. The summed E-state index contributed by atoms with van der Waals surface area (Å²) in [5.74, 6) is -0.910. The molecule has 2 aromatic carbocycles. The van der Waals surface area contributed by atoms with Gasteiger partial charge in [0.15, 0.2) is 0 Å². The highest BCUT2D eigenvalue weighted by molar-refractivity contribution is 5.99. The van der Waals surface area contributed by atoms with Crippen LogP contribution in [0.15, 0.2) is 48.5 Å². The van der Waals surface area contributed by atoms with Gasteiger partial charge in [0.25, 0.3) is 0 Å². The van der Waals surface area contributed by atoms with E-state index < -0.39 is 31.5 Å². The lowest BCUT2D eigenvalue weighted by atomic mass is 9.78. The number of amides is 4. The van der Waals surface area contributed by atoms with Crippen molar-refractivity contribution >= 4 is 18.3 Å². The van der Waals surface area contributed by atoms with Crippen molar-refractivity contribution in [1.29, 1.82) is 5.26 Å². The van der Waals surface area contributed by atoms with E-state index >= 15 is 0 Å². The zero-order valence-electron chi connectivity index (χ0n) is 22.8. The Morgan fingerprint density at radius 1 is 1.02 bits per heavy atom. The van der Waals surface area contributed by atoms with Gasteiger partial charge in [-0.05, 0) is 54.9 Å². The van der Waals surface area contributed by atoms with E-state index in [0.717, 1.165) is 17.5 Å². The molecule has 2 aromatic rings. The van der Waals surface area contributed by atoms with Gasteiger partial charge in [-0.2, -0.15) is 5.26 Å². The fourth-order valence-corrected chi connectivity index (χ4v) is 6.48. The summed E-state index contributed by atoms with van der Waals surface area (Å²) in [6.07, 6.45) is 1.62. The smallest absolute Gasteiger partial charge is 0.327 e. The molecule has 4 amide bonds. The lowest BCUT2D eigenvalue weighted by molar-refractivity contribution is -0.148. The fourth-order valence-electron chi connectivity index (χ4n) is 6.48. The quantitative estimate of drug-likeness (QED) is 0.419. The van der Waals surface area contributed by atoms with Crippen LogP contribution in [0, 0.1) is 17.2 Å². The third-order valence-electron chi connectivity index (χ3n) is 8.56. The number of hydrogen-bond donors (Lipinski definition) is 0. The number of fused-ring (bicyclic) bond motifs is 1. The van der Waals surface area contributed by atoms with Crippen LogP contribution in [0.4, 0.5) is 13.6 Å². The summed E-state index contributed by atoms with van der Waals surface area (Å²) in [7, 11) is 0. The number of likely N-dealkylation sites (tertiary alicyclic amines) is 1. The van der Waals surface area contributed by atoms with Crippen LogP contribution in [-0.2, 0) is 20.9 Å². The van der Waals surface area contributed by atoms with Crippen molar-refractivity contribution in [3.8, 4) is 17.2 Å². The van der Waals surface area contributed by atoms with Gasteiger partial charge in [-0.1, -0.05) is 42.5 Å². The first-order valence-electron chi connectivity index (χ1n) is 14.2. The highest BCUT2D eigenvalue weighted by atomic mass is 19.1. The van der Waals surface area contributed by atoms with Crippen molar-refractivity contribution in [3.05, 3.63) is 59.7 Å². The molecule has 41 heavy (non-hydrogen) atoms. The minimum atomic E-state index is -1.16. The molecule has 5 rings (SSSR count). The molecule has 0 N–H and O–H groups in total. The van der Waals surface area contributed by atoms with E-state index in [2.05, 4.69) is 6.07 Å². The number of halogens is 2. The maximum Gasteiger partial charge on any atom is 0.327 e. The molecule has 0 radical (unpaired) electrons. The largest absolute Gasteiger partial charge is 0.370 e. The van der Waals surface area contributed by atoms with Crippen LogP contribution in [0.2, 0.25) is 0 Å². The summed E-state index contributed by atoms with van der Waals surface area (Å²) in [5, 5.41) is 9.86. The molecule has 3 aliphatic rings. The number of nitriles is 1. The van der Waals surface area contributed by atoms with Crippen molar-refractivity contribution in [2.24, 2.45) is 5.92 Å². The Bertz CT molecular complexity index is 1290. The second-order valence-corrected chi connectivity index (χ2v) is 11.0. The third kappa shape index (κ3) is 5.96. The Morgan fingerprint density at radius 3 is 2.41 bits per heavy atom. The van der Waals surface area contributed by atoms with Gasteiger partial charge in [-0.25, -0.2) is 13.6 Å². The number of carbonyl (C=O) groups is 3. The predicted molar refractivity (Wildman–Crippen MR) is 147 cm³/mol. The van der Waals surface area contributed by atoms with Gasteiger partial charge in [0.05, 0.1) is 30.2 Å². The van der Waals surface area contributed by atoms with E-state index in [1.54, 1.807) is 11.0 Å². The molecule has 10 heteroatoms. The molecule has 0 spiro atoms. The molecule has 216 valence electrons. The molecule has 8 nitrogen and oxygen atoms in total. The number of carbonyl (C=O) groups excluding carboxylic acids is 3. The van der Waals surface area contributed by atoms with Gasteiger partial charge in [0, 0.05) is 25.2 Å². The van der Waals surface area contributed by atoms with E-state index in [1.807, 2.05) is 47.4 Å². The van der Waals surface area contributed by atoms with Crippen molar-refractivity contribution in [3.63, 3.8) is 0 Å². The zero-order chi connectivity index (χ0) is 28.9. The van der Waals surface area contributed by atoms with Gasteiger partial charge >= 0.3 is 6.03 Å². The molecule has 2 aliphatic heterocycles. The Labute approximate surface area is 238 Å². The first-order chi connectivity index (χ1) is 20.0. The average molecular weight is 565 g/mol. The van der Waals surface area contributed by atoms with Gasteiger partial charge < -0.3 is 14.5 Å². The second-order valence-electron chi connectivity index (χ2n) is 11.0. The van der Waals surface area contributed by atoms with Crippen LogP contribution in [0.5, 0.6) is 0 Å². The van der Waals surface area contributed by atoms with E-state index in [1.165, 1.54) is 4.90 Å². The third-order valence-corrected chi connectivity index (χ3v) is 8.56.